The van der Waals surface area contributed by atoms with Crippen LogP contribution in [0.25, 0.3) is 6.08 Å². The molecule has 0 aliphatic carbocycles. The lowest BCUT2D eigenvalue weighted by Gasteiger charge is -2.26. The number of fused-ring (bicyclic) bond motifs is 1. The summed E-state index contributed by atoms with van der Waals surface area (Å²) in [7, 11) is 0. The van der Waals surface area contributed by atoms with E-state index in [1.165, 1.54) is 11.3 Å². The smallest absolute Gasteiger partial charge is 0.338 e. The van der Waals surface area contributed by atoms with Crippen molar-refractivity contribution in [3.8, 4) is 5.75 Å². The molecule has 2 aromatic heterocycles. The third-order valence-corrected chi connectivity index (χ3v) is 6.08. The predicted octanol–water partition coefficient (Wildman–Crippen LogP) is 2.98. The highest BCUT2D eigenvalue weighted by atomic mass is 32.1. The molecule has 0 unspecified atom stereocenters. The Morgan fingerprint density at radius 3 is 2.64 bits per heavy atom. The van der Waals surface area contributed by atoms with Gasteiger partial charge in [-0.1, -0.05) is 29.5 Å². The molecule has 8 heteroatoms. The molecule has 3 aromatic rings. The fraction of sp³-hybridized carbons (Fsp3) is 0.280. The quantitative estimate of drug-likeness (QED) is 0.525. The van der Waals surface area contributed by atoms with Crippen LogP contribution in [0.3, 0.4) is 0 Å². The minimum absolute atomic E-state index is 0.0789. The first-order chi connectivity index (χ1) is 15.9. The average Bonchev–Trinajstić information content (AvgIpc) is 3.08. The van der Waals surface area contributed by atoms with Crippen molar-refractivity contribution in [3.05, 3.63) is 90.9 Å². The fourth-order valence-electron chi connectivity index (χ4n) is 3.76. The van der Waals surface area contributed by atoms with Gasteiger partial charge in [0.2, 0.25) is 0 Å². The molecule has 7 nitrogen and oxygen atoms in total. The van der Waals surface area contributed by atoms with E-state index in [1.807, 2.05) is 56.3 Å². The molecule has 3 heterocycles. The first-order valence-corrected chi connectivity index (χ1v) is 11.6. The molecule has 0 N–H and O–H groups in total. The van der Waals surface area contributed by atoms with Crippen molar-refractivity contribution in [3.63, 3.8) is 0 Å². The van der Waals surface area contributed by atoms with Gasteiger partial charge in [0.25, 0.3) is 5.56 Å². The topological polar surface area (TPSA) is 82.8 Å². The number of carbonyl (C=O) groups excluding carboxylic acids is 1. The van der Waals surface area contributed by atoms with Crippen LogP contribution >= 0.6 is 11.3 Å². The summed E-state index contributed by atoms with van der Waals surface area (Å²) in [5.74, 6) is 0.115. The lowest BCUT2D eigenvalue weighted by Crippen LogP contribution is -2.40. The maximum absolute atomic E-state index is 13.6. The van der Waals surface area contributed by atoms with Crippen LogP contribution in [-0.2, 0) is 9.53 Å². The van der Waals surface area contributed by atoms with Crippen molar-refractivity contribution in [2.75, 3.05) is 6.61 Å². The highest BCUT2D eigenvalue weighted by molar-refractivity contribution is 7.07. The normalized spacial score (nSPS) is 15.9. The number of hydrogen-bond donors (Lipinski definition) is 0. The molecule has 1 atom stereocenters. The van der Waals surface area contributed by atoms with Gasteiger partial charge in [0, 0.05) is 18.0 Å². The molecule has 0 fully saturated rings. The highest BCUT2D eigenvalue weighted by Crippen LogP contribution is 2.36. The lowest BCUT2D eigenvalue weighted by molar-refractivity contribution is -0.139. The van der Waals surface area contributed by atoms with Gasteiger partial charge in [-0.3, -0.25) is 14.3 Å². The van der Waals surface area contributed by atoms with Crippen molar-refractivity contribution in [2.45, 2.75) is 39.8 Å². The van der Waals surface area contributed by atoms with Crippen molar-refractivity contribution >= 4 is 23.4 Å². The van der Waals surface area contributed by atoms with Crippen LogP contribution < -0.4 is 19.6 Å². The van der Waals surface area contributed by atoms with Crippen molar-refractivity contribution in [1.29, 1.82) is 0 Å². The third-order valence-electron chi connectivity index (χ3n) is 5.10. The summed E-state index contributed by atoms with van der Waals surface area (Å²) >= 11 is 1.29. The van der Waals surface area contributed by atoms with E-state index >= 15 is 0 Å². The standard InChI is InChI=1S/C25H25N3O4S/c1-5-31-24(30)21-16(4)27-25-28(22(21)18-8-6-7-9-19(18)32-15(2)3)23(29)20(33-25)14-17-10-12-26-13-11-17/h6-15,22H,5H2,1-4H3/b20-14-/t22-/m1/s1. The first kappa shape index (κ1) is 22.7. The second kappa shape index (κ2) is 9.54. The number of rotatable bonds is 6. The monoisotopic (exact) mass is 463 g/mol. The Morgan fingerprint density at radius 1 is 1.21 bits per heavy atom. The van der Waals surface area contributed by atoms with Gasteiger partial charge in [0.05, 0.1) is 28.5 Å². The van der Waals surface area contributed by atoms with E-state index in [0.717, 1.165) is 5.56 Å². The Kier molecular flexibility index (Phi) is 6.55. The number of ether oxygens (including phenoxy) is 2. The second-order valence-corrected chi connectivity index (χ2v) is 8.80. The molecule has 0 radical (unpaired) electrons. The minimum atomic E-state index is -0.713. The molecule has 33 heavy (non-hydrogen) atoms. The number of para-hydroxylation sites is 1. The van der Waals surface area contributed by atoms with Crippen LogP contribution in [0.1, 0.15) is 44.9 Å². The summed E-state index contributed by atoms with van der Waals surface area (Å²) in [5, 5.41) is 0. The maximum Gasteiger partial charge on any atom is 0.338 e. The molecule has 0 spiro atoms. The minimum Gasteiger partial charge on any atom is -0.491 e. The predicted molar refractivity (Wildman–Crippen MR) is 127 cm³/mol. The molecule has 0 saturated heterocycles. The second-order valence-electron chi connectivity index (χ2n) is 7.79. The van der Waals surface area contributed by atoms with Gasteiger partial charge in [-0.25, -0.2) is 9.79 Å². The van der Waals surface area contributed by atoms with Crippen LogP contribution in [0, 0.1) is 0 Å². The van der Waals surface area contributed by atoms with E-state index in [2.05, 4.69) is 9.98 Å². The Hall–Kier alpha value is -3.52. The lowest BCUT2D eigenvalue weighted by atomic mass is 9.95. The molecular weight excluding hydrogens is 438 g/mol. The average molecular weight is 464 g/mol. The van der Waals surface area contributed by atoms with E-state index in [0.29, 0.717) is 31.9 Å². The first-order valence-electron chi connectivity index (χ1n) is 10.8. The summed E-state index contributed by atoms with van der Waals surface area (Å²) in [4.78, 5) is 35.8. The van der Waals surface area contributed by atoms with Gasteiger partial charge in [0.15, 0.2) is 4.80 Å². The number of nitrogens with zero attached hydrogens (tertiary/aromatic N) is 3. The zero-order valence-electron chi connectivity index (χ0n) is 18.9. The van der Waals surface area contributed by atoms with E-state index in [1.54, 1.807) is 30.8 Å². The molecule has 0 bridgehead atoms. The summed E-state index contributed by atoms with van der Waals surface area (Å²) in [5.41, 5.74) is 2.19. The summed E-state index contributed by atoms with van der Waals surface area (Å²) in [6.07, 6.45) is 5.08. The van der Waals surface area contributed by atoms with Gasteiger partial charge in [-0.15, -0.1) is 0 Å². The van der Waals surface area contributed by atoms with Crippen molar-refractivity contribution < 1.29 is 14.3 Å². The molecule has 0 amide bonds. The summed E-state index contributed by atoms with van der Waals surface area (Å²) in [6.45, 7) is 7.61. The maximum atomic E-state index is 13.6. The van der Waals surface area contributed by atoms with E-state index in [-0.39, 0.29) is 18.3 Å². The number of allylic oxidation sites excluding steroid dienone is 1. The van der Waals surface area contributed by atoms with E-state index in [9.17, 15) is 9.59 Å². The van der Waals surface area contributed by atoms with Crippen LogP contribution in [-0.4, -0.2) is 28.2 Å². The molecule has 1 aromatic carbocycles. The zero-order chi connectivity index (χ0) is 23.5. The number of benzene rings is 1. The molecule has 4 rings (SSSR count). The van der Waals surface area contributed by atoms with Crippen LogP contribution in [0.15, 0.2) is 69.8 Å². The summed E-state index contributed by atoms with van der Waals surface area (Å²) in [6, 6.07) is 10.4. The molecular formula is C25H25N3O4S. The zero-order valence-corrected chi connectivity index (χ0v) is 19.8. The fourth-order valence-corrected chi connectivity index (χ4v) is 4.81. The van der Waals surface area contributed by atoms with Gasteiger partial charge < -0.3 is 9.47 Å². The number of aromatic nitrogens is 2. The van der Waals surface area contributed by atoms with Crippen LogP contribution in [0.2, 0.25) is 0 Å². The highest BCUT2D eigenvalue weighted by Gasteiger charge is 2.35. The summed E-state index contributed by atoms with van der Waals surface area (Å²) < 4.78 is 13.5. The third kappa shape index (κ3) is 4.52. The Balaban J connectivity index is 1.99. The molecule has 0 saturated carbocycles. The number of hydrogen-bond acceptors (Lipinski definition) is 7. The van der Waals surface area contributed by atoms with Gasteiger partial charge in [-0.05, 0) is 57.5 Å². The molecule has 1 aliphatic rings. The number of esters is 1. The Morgan fingerprint density at radius 2 is 1.94 bits per heavy atom. The molecule has 170 valence electrons. The Labute approximate surface area is 195 Å². The van der Waals surface area contributed by atoms with Crippen molar-refractivity contribution in [1.82, 2.24) is 9.55 Å². The number of thiazole rings is 1. The van der Waals surface area contributed by atoms with Gasteiger partial charge in [0.1, 0.15) is 11.8 Å². The van der Waals surface area contributed by atoms with Gasteiger partial charge in [-0.2, -0.15) is 0 Å². The van der Waals surface area contributed by atoms with Crippen LogP contribution in [0.4, 0.5) is 0 Å². The van der Waals surface area contributed by atoms with E-state index < -0.39 is 12.0 Å². The van der Waals surface area contributed by atoms with Crippen molar-refractivity contribution in [2.24, 2.45) is 4.99 Å². The van der Waals surface area contributed by atoms with Crippen LogP contribution in [0.5, 0.6) is 5.75 Å². The van der Waals surface area contributed by atoms with E-state index in [4.69, 9.17) is 9.47 Å². The number of carbonyl (C=O) groups is 1. The molecule has 1 aliphatic heterocycles. The van der Waals surface area contributed by atoms with Gasteiger partial charge >= 0.3 is 5.97 Å². The largest absolute Gasteiger partial charge is 0.491 e. The number of pyridine rings is 1. The SMILES string of the molecule is CCOC(=O)C1=C(C)N=c2s/c(=C\c3ccncc3)c(=O)n2[C@@H]1c1ccccc1OC(C)C. The Bertz CT molecular complexity index is 1390.